The zero-order valence-electron chi connectivity index (χ0n) is 20.7. The maximum atomic E-state index is 13.3. The average Bonchev–Trinajstić information content (AvgIpc) is 2.76. The Morgan fingerprint density at radius 2 is 1.59 bits per heavy atom. The van der Waals surface area contributed by atoms with E-state index in [0.29, 0.717) is 12.1 Å². The Kier molecular flexibility index (Phi) is 8.32. The fraction of sp³-hybridized carbons (Fsp3) is 0.593. The monoisotopic (exact) mass is 438 g/mol. The molecule has 1 saturated heterocycles. The number of fused-ring (bicyclic) bond motifs is 1. The molecule has 176 valence electrons. The molecule has 0 bridgehead atoms. The number of primary amides is 1. The number of carbonyl (C=O) groups excluding carboxylic acids is 1. The van der Waals surface area contributed by atoms with Crippen LogP contribution in [0.15, 0.2) is 42.5 Å². The highest BCUT2D eigenvalue weighted by Gasteiger charge is 2.40. The molecular weight excluding hydrogens is 396 g/mol. The highest BCUT2D eigenvalue weighted by atomic mass is 16.1. The predicted molar refractivity (Wildman–Crippen MR) is 135 cm³/mol. The molecule has 1 aliphatic heterocycles. The van der Waals surface area contributed by atoms with E-state index in [1.807, 2.05) is 0 Å². The zero-order valence-corrected chi connectivity index (χ0v) is 20.7. The van der Waals surface area contributed by atoms with Gasteiger partial charge in [0.15, 0.2) is 0 Å². The number of amides is 1. The van der Waals surface area contributed by atoms with Crippen LogP contribution in [-0.4, -0.2) is 79.0 Å². The summed E-state index contributed by atoms with van der Waals surface area (Å²) in [5.41, 5.74) is 6.69. The number of nitrogens with zero attached hydrogens (tertiary/aromatic N) is 3. The van der Waals surface area contributed by atoms with Crippen LogP contribution >= 0.6 is 0 Å². The van der Waals surface area contributed by atoms with Gasteiger partial charge in [0.05, 0.1) is 5.41 Å². The van der Waals surface area contributed by atoms with Crippen molar-refractivity contribution in [3.8, 4) is 0 Å². The summed E-state index contributed by atoms with van der Waals surface area (Å²) in [5, 5.41) is 2.31. The molecular formula is C27H42N4O. The molecule has 0 radical (unpaired) electrons. The normalized spacial score (nSPS) is 18.0. The molecule has 1 amide bonds. The molecule has 0 spiro atoms. The molecule has 5 heteroatoms. The average molecular weight is 439 g/mol. The summed E-state index contributed by atoms with van der Waals surface area (Å²) in [6.07, 6.45) is 1.49. The van der Waals surface area contributed by atoms with Crippen LogP contribution < -0.4 is 5.73 Å². The molecule has 2 aromatic rings. The summed E-state index contributed by atoms with van der Waals surface area (Å²) in [6.45, 7) is 14.9. The van der Waals surface area contributed by atoms with E-state index < -0.39 is 5.41 Å². The first-order valence-electron chi connectivity index (χ1n) is 12.2. The second kappa shape index (κ2) is 10.8. The molecule has 2 N–H and O–H groups in total. The Bertz CT molecular complexity index is 875. The first kappa shape index (κ1) is 24.7. The number of benzene rings is 2. The van der Waals surface area contributed by atoms with Gasteiger partial charge in [0.1, 0.15) is 0 Å². The van der Waals surface area contributed by atoms with Crippen molar-refractivity contribution in [2.45, 2.75) is 58.0 Å². The van der Waals surface area contributed by atoms with Crippen molar-refractivity contribution in [2.24, 2.45) is 5.73 Å². The lowest BCUT2D eigenvalue weighted by atomic mass is 9.72. The van der Waals surface area contributed by atoms with Crippen LogP contribution in [0.1, 0.15) is 46.1 Å². The second-order valence-electron chi connectivity index (χ2n) is 10.0. The van der Waals surface area contributed by atoms with Crippen molar-refractivity contribution in [2.75, 3.05) is 46.3 Å². The summed E-state index contributed by atoms with van der Waals surface area (Å²) in [5.74, 6) is -0.199. The van der Waals surface area contributed by atoms with Crippen LogP contribution in [0.25, 0.3) is 10.8 Å². The quantitative estimate of drug-likeness (QED) is 0.614. The minimum Gasteiger partial charge on any atom is -0.369 e. The molecule has 1 aliphatic rings. The Morgan fingerprint density at radius 1 is 0.969 bits per heavy atom. The van der Waals surface area contributed by atoms with E-state index in [0.717, 1.165) is 63.1 Å². The number of piperazine rings is 1. The van der Waals surface area contributed by atoms with Gasteiger partial charge in [-0.2, -0.15) is 0 Å². The first-order chi connectivity index (χ1) is 15.2. The van der Waals surface area contributed by atoms with Crippen LogP contribution in [0.4, 0.5) is 0 Å². The zero-order chi connectivity index (χ0) is 23.3. The molecule has 1 heterocycles. The fourth-order valence-electron chi connectivity index (χ4n) is 5.27. The van der Waals surface area contributed by atoms with Crippen molar-refractivity contribution >= 4 is 16.7 Å². The Morgan fingerprint density at radius 3 is 2.22 bits per heavy atom. The molecule has 1 atom stereocenters. The van der Waals surface area contributed by atoms with Crippen molar-refractivity contribution in [1.29, 1.82) is 0 Å². The molecule has 32 heavy (non-hydrogen) atoms. The summed E-state index contributed by atoms with van der Waals surface area (Å²) in [6, 6.07) is 15.6. The van der Waals surface area contributed by atoms with Crippen molar-refractivity contribution in [1.82, 2.24) is 14.7 Å². The molecule has 1 fully saturated rings. The van der Waals surface area contributed by atoms with E-state index in [9.17, 15) is 4.79 Å². The van der Waals surface area contributed by atoms with Crippen LogP contribution in [0.2, 0.25) is 0 Å². The van der Waals surface area contributed by atoms with Gasteiger partial charge in [-0.05, 0) is 70.5 Å². The third kappa shape index (κ3) is 5.51. The third-order valence-corrected chi connectivity index (χ3v) is 7.35. The van der Waals surface area contributed by atoms with Gasteiger partial charge < -0.3 is 15.5 Å². The van der Waals surface area contributed by atoms with E-state index in [1.54, 1.807) is 0 Å². The lowest BCUT2D eigenvalue weighted by molar-refractivity contribution is -0.124. The summed E-state index contributed by atoms with van der Waals surface area (Å²) < 4.78 is 0. The minimum absolute atomic E-state index is 0.199. The van der Waals surface area contributed by atoms with Gasteiger partial charge in [-0.3, -0.25) is 9.69 Å². The Hall–Kier alpha value is -1.95. The number of likely N-dealkylation sites (N-methyl/N-ethyl adjacent to an activating group) is 1. The molecule has 3 rings (SSSR count). The summed E-state index contributed by atoms with van der Waals surface area (Å²) in [4.78, 5) is 20.6. The number of carbonyl (C=O) groups is 1. The molecule has 5 nitrogen and oxygen atoms in total. The summed E-state index contributed by atoms with van der Waals surface area (Å²) >= 11 is 0. The standard InChI is InChI=1S/C27H42N4O/c1-21(2)31(22(3)4)16-14-27(26(28)32,13-15-30-19-17-29(5)18-20-30)25-12-8-10-23-9-6-7-11-24(23)25/h6-12,21-22H,13-20H2,1-5H3,(H2,28,32). The maximum Gasteiger partial charge on any atom is 0.228 e. The van der Waals surface area contributed by atoms with E-state index in [2.05, 4.69) is 91.9 Å². The van der Waals surface area contributed by atoms with Crippen molar-refractivity contribution < 1.29 is 4.79 Å². The van der Waals surface area contributed by atoms with Crippen LogP contribution in [0.3, 0.4) is 0 Å². The van der Waals surface area contributed by atoms with Crippen LogP contribution in [0.5, 0.6) is 0 Å². The van der Waals surface area contributed by atoms with Crippen molar-refractivity contribution in [3.05, 3.63) is 48.0 Å². The van der Waals surface area contributed by atoms with E-state index in [4.69, 9.17) is 5.73 Å². The molecule has 0 aliphatic carbocycles. The number of nitrogens with two attached hydrogens (primary N) is 1. The predicted octanol–water partition coefficient (Wildman–Crippen LogP) is 3.71. The number of hydrogen-bond acceptors (Lipinski definition) is 4. The molecule has 1 unspecified atom stereocenters. The van der Waals surface area contributed by atoms with Gasteiger partial charge in [-0.1, -0.05) is 42.5 Å². The topological polar surface area (TPSA) is 52.8 Å². The second-order valence-corrected chi connectivity index (χ2v) is 10.0. The largest absolute Gasteiger partial charge is 0.369 e. The third-order valence-electron chi connectivity index (χ3n) is 7.35. The minimum atomic E-state index is -0.688. The fourth-order valence-corrected chi connectivity index (χ4v) is 5.27. The molecule has 2 aromatic carbocycles. The lowest BCUT2D eigenvalue weighted by Gasteiger charge is -2.39. The smallest absolute Gasteiger partial charge is 0.228 e. The number of rotatable bonds is 10. The van der Waals surface area contributed by atoms with Crippen molar-refractivity contribution in [3.63, 3.8) is 0 Å². The highest BCUT2D eigenvalue weighted by molar-refractivity contribution is 5.95. The van der Waals surface area contributed by atoms with Gasteiger partial charge in [-0.15, -0.1) is 0 Å². The molecule has 0 saturated carbocycles. The van der Waals surface area contributed by atoms with E-state index in [-0.39, 0.29) is 5.91 Å². The SMILES string of the molecule is CC(C)N(CCC(CCN1CCN(C)CC1)(C(N)=O)c1cccc2ccccc12)C(C)C. The molecule has 0 aromatic heterocycles. The number of hydrogen-bond donors (Lipinski definition) is 1. The highest BCUT2D eigenvalue weighted by Crippen LogP contribution is 2.37. The Balaban J connectivity index is 1.98. The van der Waals surface area contributed by atoms with E-state index in [1.165, 1.54) is 5.39 Å². The maximum absolute atomic E-state index is 13.3. The Labute approximate surface area is 194 Å². The van der Waals surface area contributed by atoms with E-state index >= 15 is 0 Å². The van der Waals surface area contributed by atoms with Gasteiger partial charge in [0.2, 0.25) is 5.91 Å². The first-order valence-corrected chi connectivity index (χ1v) is 12.2. The summed E-state index contributed by atoms with van der Waals surface area (Å²) in [7, 11) is 2.17. The lowest BCUT2D eigenvalue weighted by Crippen LogP contribution is -2.50. The van der Waals surface area contributed by atoms with Crippen LogP contribution in [-0.2, 0) is 10.2 Å². The van der Waals surface area contributed by atoms with Gasteiger partial charge in [-0.25, -0.2) is 0 Å². The van der Waals surface area contributed by atoms with Gasteiger partial charge >= 0.3 is 0 Å². The van der Waals surface area contributed by atoms with Gasteiger partial charge in [0, 0.05) is 44.8 Å². The van der Waals surface area contributed by atoms with Crippen LogP contribution in [0, 0.1) is 0 Å². The van der Waals surface area contributed by atoms with Gasteiger partial charge in [0.25, 0.3) is 0 Å².